The fourth-order valence-electron chi connectivity index (χ4n) is 2.34. The van der Waals surface area contributed by atoms with Crippen LogP contribution in [0.4, 0.5) is 0 Å². The van der Waals surface area contributed by atoms with Gasteiger partial charge in [-0.15, -0.1) is 0 Å². The van der Waals surface area contributed by atoms with Gasteiger partial charge in [-0.2, -0.15) is 0 Å². The molecule has 4 heteroatoms. The van der Waals surface area contributed by atoms with Crippen LogP contribution in [0.5, 0.6) is 0 Å². The van der Waals surface area contributed by atoms with E-state index in [1.807, 2.05) is 42.5 Å². The summed E-state index contributed by atoms with van der Waals surface area (Å²) >= 11 is 5.11. The zero-order valence-corrected chi connectivity index (χ0v) is 12.7. The fraction of sp³-hybridized carbons (Fsp3) is 0.235. The lowest BCUT2D eigenvalue weighted by molar-refractivity contribution is 0.184. The van der Waals surface area contributed by atoms with Gasteiger partial charge in [0.05, 0.1) is 6.61 Å². The third kappa shape index (κ3) is 4.63. The van der Waals surface area contributed by atoms with Crippen LogP contribution >= 0.6 is 12.2 Å². The van der Waals surface area contributed by atoms with Gasteiger partial charge in [0.2, 0.25) is 0 Å². The van der Waals surface area contributed by atoms with E-state index in [1.54, 1.807) is 0 Å². The quantitative estimate of drug-likeness (QED) is 0.771. The van der Waals surface area contributed by atoms with Crippen LogP contribution in [0.1, 0.15) is 16.7 Å². The van der Waals surface area contributed by atoms with E-state index < -0.39 is 0 Å². The molecule has 0 aliphatic heterocycles. The number of hydrogen-bond donors (Lipinski definition) is 2. The predicted molar refractivity (Wildman–Crippen MR) is 90.0 cm³/mol. The van der Waals surface area contributed by atoms with Gasteiger partial charge in [-0.25, -0.2) is 0 Å². The van der Waals surface area contributed by atoms with Crippen LogP contribution < -0.4 is 5.73 Å². The van der Waals surface area contributed by atoms with Gasteiger partial charge in [-0.1, -0.05) is 66.8 Å². The molecular weight excluding hydrogens is 280 g/mol. The predicted octanol–water partition coefficient (Wildman–Crippen LogP) is 2.32. The molecule has 2 rings (SSSR count). The van der Waals surface area contributed by atoms with Crippen molar-refractivity contribution in [1.82, 2.24) is 4.90 Å². The molecule has 3 N–H and O–H groups in total. The average molecular weight is 300 g/mol. The first-order valence-corrected chi connectivity index (χ1v) is 7.36. The second-order valence-corrected chi connectivity index (χ2v) is 5.38. The van der Waals surface area contributed by atoms with Crippen LogP contribution in [0.25, 0.3) is 0 Å². The second kappa shape index (κ2) is 7.88. The Kier molecular flexibility index (Phi) is 5.87. The Morgan fingerprint density at radius 3 is 2.33 bits per heavy atom. The summed E-state index contributed by atoms with van der Waals surface area (Å²) in [6.45, 7) is 2.23. The largest absolute Gasteiger partial charge is 0.395 e. The lowest BCUT2D eigenvalue weighted by atomic mass is 10.1. The molecule has 0 atom stereocenters. The Balaban J connectivity index is 2.15. The van der Waals surface area contributed by atoms with E-state index in [-0.39, 0.29) is 6.61 Å². The van der Waals surface area contributed by atoms with Gasteiger partial charge in [0.15, 0.2) is 0 Å². The van der Waals surface area contributed by atoms with Crippen molar-refractivity contribution in [3.05, 3.63) is 71.3 Å². The van der Waals surface area contributed by atoms with Gasteiger partial charge < -0.3 is 10.8 Å². The smallest absolute Gasteiger partial charge is 0.104 e. The summed E-state index contributed by atoms with van der Waals surface area (Å²) in [5, 5.41) is 9.28. The van der Waals surface area contributed by atoms with Gasteiger partial charge in [-0.3, -0.25) is 4.90 Å². The van der Waals surface area contributed by atoms with E-state index in [9.17, 15) is 5.11 Å². The van der Waals surface area contributed by atoms with Crippen LogP contribution in [-0.4, -0.2) is 28.1 Å². The number of hydrogen-bond acceptors (Lipinski definition) is 3. The average Bonchev–Trinajstić information content (AvgIpc) is 2.49. The standard InChI is InChI=1S/C17H20N2OS/c18-17(21)16-9-5-4-8-15(16)13-19(10-11-20)12-14-6-2-1-3-7-14/h1-9,20H,10-13H2,(H2,18,21). The van der Waals surface area contributed by atoms with Crippen molar-refractivity contribution in [3.63, 3.8) is 0 Å². The van der Waals surface area contributed by atoms with E-state index >= 15 is 0 Å². The van der Waals surface area contributed by atoms with Crippen LogP contribution in [0.3, 0.4) is 0 Å². The van der Waals surface area contributed by atoms with E-state index in [0.717, 1.165) is 17.7 Å². The van der Waals surface area contributed by atoms with Crippen molar-refractivity contribution in [2.24, 2.45) is 5.73 Å². The molecule has 0 saturated heterocycles. The van der Waals surface area contributed by atoms with Crippen LogP contribution in [0.2, 0.25) is 0 Å². The molecule has 0 heterocycles. The monoisotopic (exact) mass is 300 g/mol. The van der Waals surface area contributed by atoms with Crippen molar-refractivity contribution in [1.29, 1.82) is 0 Å². The number of rotatable bonds is 7. The lowest BCUT2D eigenvalue weighted by Crippen LogP contribution is -2.27. The summed E-state index contributed by atoms with van der Waals surface area (Å²) in [5.41, 5.74) is 9.00. The Morgan fingerprint density at radius 2 is 1.67 bits per heavy atom. The van der Waals surface area contributed by atoms with Crippen molar-refractivity contribution >= 4 is 17.2 Å². The summed E-state index contributed by atoms with van der Waals surface area (Å²) in [5.74, 6) is 0. The molecule has 0 radical (unpaired) electrons. The highest BCUT2D eigenvalue weighted by atomic mass is 32.1. The minimum atomic E-state index is 0.127. The number of aliphatic hydroxyl groups is 1. The molecule has 0 aliphatic carbocycles. The van der Waals surface area contributed by atoms with E-state index in [2.05, 4.69) is 17.0 Å². The van der Waals surface area contributed by atoms with E-state index in [0.29, 0.717) is 18.1 Å². The van der Waals surface area contributed by atoms with Crippen molar-refractivity contribution in [2.45, 2.75) is 13.1 Å². The maximum atomic E-state index is 9.28. The molecule has 0 bridgehead atoms. The number of nitrogens with two attached hydrogens (primary N) is 1. The molecule has 0 amide bonds. The molecule has 0 aliphatic rings. The third-order valence-corrected chi connectivity index (χ3v) is 3.56. The summed E-state index contributed by atoms with van der Waals surface area (Å²) in [6.07, 6.45) is 0. The lowest BCUT2D eigenvalue weighted by Gasteiger charge is -2.22. The zero-order chi connectivity index (χ0) is 15.1. The Morgan fingerprint density at radius 1 is 1.00 bits per heavy atom. The molecule has 2 aromatic rings. The maximum Gasteiger partial charge on any atom is 0.104 e. The number of nitrogens with zero attached hydrogens (tertiary/aromatic N) is 1. The Hall–Kier alpha value is -1.75. The first-order valence-electron chi connectivity index (χ1n) is 6.95. The molecule has 0 fully saturated rings. The third-order valence-electron chi connectivity index (χ3n) is 3.34. The van der Waals surface area contributed by atoms with Crippen molar-refractivity contribution in [2.75, 3.05) is 13.2 Å². The van der Waals surface area contributed by atoms with Gasteiger partial charge in [-0.05, 0) is 11.1 Å². The molecule has 3 nitrogen and oxygen atoms in total. The summed E-state index contributed by atoms with van der Waals surface area (Å²) in [4.78, 5) is 2.60. The molecule has 2 aromatic carbocycles. The maximum absolute atomic E-state index is 9.28. The Bertz CT molecular complexity index is 586. The minimum absolute atomic E-state index is 0.127. The van der Waals surface area contributed by atoms with Crippen molar-refractivity contribution in [3.8, 4) is 0 Å². The van der Waals surface area contributed by atoms with E-state index in [1.165, 1.54) is 5.56 Å². The van der Waals surface area contributed by atoms with Crippen LogP contribution in [-0.2, 0) is 13.1 Å². The number of thiocarbonyl (C=S) groups is 1. The Labute approximate surface area is 131 Å². The van der Waals surface area contributed by atoms with Crippen LogP contribution in [0, 0.1) is 0 Å². The van der Waals surface area contributed by atoms with Gasteiger partial charge in [0.25, 0.3) is 0 Å². The molecule has 0 aromatic heterocycles. The van der Waals surface area contributed by atoms with E-state index in [4.69, 9.17) is 18.0 Å². The normalized spacial score (nSPS) is 10.8. The molecule has 21 heavy (non-hydrogen) atoms. The summed E-state index contributed by atoms with van der Waals surface area (Å²) in [7, 11) is 0. The molecule has 0 unspecified atom stereocenters. The van der Waals surface area contributed by atoms with Crippen molar-refractivity contribution < 1.29 is 5.11 Å². The van der Waals surface area contributed by atoms with Crippen LogP contribution in [0.15, 0.2) is 54.6 Å². The SMILES string of the molecule is NC(=S)c1ccccc1CN(CCO)Cc1ccccc1. The summed E-state index contributed by atoms with van der Waals surface area (Å²) in [6, 6.07) is 18.1. The molecule has 0 spiro atoms. The number of aliphatic hydroxyl groups excluding tert-OH is 1. The zero-order valence-electron chi connectivity index (χ0n) is 11.9. The topological polar surface area (TPSA) is 49.5 Å². The highest BCUT2D eigenvalue weighted by Crippen LogP contribution is 2.14. The first kappa shape index (κ1) is 15.6. The highest BCUT2D eigenvalue weighted by Gasteiger charge is 2.10. The second-order valence-electron chi connectivity index (χ2n) is 4.94. The first-order chi connectivity index (χ1) is 10.2. The van der Waals surface area contributed by atoms with Gasteiger partial charge in [0.1, 0.15) is 4.99 Å². The van der Waals surface area contributed by atoms with Gasteiger partial charge in [0, 0.05) is 25.2 Å². The van der Waals surface area contributed by atoms with Gasteiger partial charge >= 0.3 is 0 Å². The molecule has 110 valence electrons. The highest BCUT2D eigenvalue weighted by molar-refractivity contribution is 7.80. The molecular formula is C17H20N2OS. The molecule has 0 saturated carbocycles. The minimum Gasteiger partial charge on any atom is -0.395 e. The fourth-order valence-corrected chi connectivity index (χ4v) is 2.54. The summed E-state index contributed by atoms with van der Waals surface area (Å²) < 4.78 is 0. The number of benzene rings is 2.